The minimum absolute atomic E-state index is 0.0152. The maximum Gasteiger partial charge on any atom is 0.228 e. The average Bonchev–Trinajstić information content (AvgIpc) is 3.06. The number of hydrogen-bond acceptors (Lipinski definition) is 5. The molecule has 0 aliphatic carbocycles. The number of aryl methyl sites for hydroxylation is 1. The Hall–Kier alpha value is -3.09. The van der Waals surface area contributed by atoms with E-state index in [4.69, 9.17) is 9.47 Å². The van der Waals surface area contributed by atoms with Gasteiger partial charge in [-0.3, -0.25) is 9.59 Å². The maximum atomic E-state index is 12.8. The highest BCUT2D eigenvalue weighted by molar-refractivity contribution is 6.00. The van der Waals surface area contributed by atoms with Crippen LogP contribution in [0.15, 0.2) is 42.5 Å². The molecule has 1 unspecified atom stereocenters. The molecule has 2 aromatic rings. The van der Waals surface area contributed by atoms with Crippen LogP contribution in [0.2, 0.25) is 0 Å². The van der Waals surface area contributed by atoms with Crippen LogP contribution in [0.4, 0.5) is 5.69 Å². The van der Waals surface area contributed by atoms with Crippen LogP contribution in [-0.2, 0) is 9.59 Å². The fourth-order valence-corrected chi connectivity index (χ4v) is 3.59. The molecule has 2 aliphatic rings. The Labute approximate surface area is 163 Å². The first kappa shape index (κ1) is 18.3. The van der Waals surface area contributed by atoms with Crippen LogP contribution in [0.3, 0.4) is 0 Å². The van der Waals surface area contributed by atoms with E-state index in [9.17, 15) is 9.59 Å². The second-order valence-corrected chi connectivity index (χ2v) is 7.20. The molecule has 0 radical (unpaired) electrons. The first-order valence-electron chi connectivity index (χ1n) is 9.37. The molecule has 7 heteroatoms. The molecule has 2 amide bonds. The summed E-state index contributed by atoms with van der Waals surface area (Å²) in [6.07, 6.45) is 0.194. The number of methoxy groups -OCH3 is 1. The fraction of sp³-hybridized carbons (Fsp3) is 0.381. The Morgan fingerprint density at radius 3 is 2.54 bits per heavy atom. The first-order chi connectivity index (χ1) is 13.5. The second-order valence-electron chi connectivity index (χ2n) is 7.20. The summed E-state index contributed by atoms with van der Waals surface area (Å²) < 4.78 is 11.0. The fourth-order valence-electron chi connectivity index (χ4n) is 3.59. The summed E-state index contributed by atoms with van der Waals surface area (Å²) in [5, 5.41) is 0. The van der Waals surface area contributed by atoms with E-state index in [1.165, 1.54) is 0 Å². The number of hydrogen-bond donors (Lipinski definition) is 0. The number of aromatic nitrogens is 1. The minimum Gasteiger partial charge on any atom is -0.497 e. The number of rotatable bonds is 5. The molecule has 0 saturated carbocycles. The summed E-state index contributed by atoms with van der Waals surface area (Å²) in [6.45, 7) is 3.38. The molecule has 7 nitrogen and oxygen atoms in total. The third-order valence-electron chi connectivity index (χ3n) is 5.17. The van der Waals surface area contributed by atoms with Gasteiger partial charge in [-0.05, 0) is 37.3 Å². The highest BCUT2D eigenvalue weighted by atomic mass is 16.5. The third-order valence-corrected chi connectivity index (χ3v) is 5.17. The number of benzene rings is 1. The van der Waals surface area contributed by atoms with Crippen molar-refractivity contribution in [3.8, 4) is 11.6 Å². The van der Waals surface area contributed by atoms with Gasteiger partial charge in [0.05, 0.1) is 26.1 Å². The SMILES string of the molecule is COc1ccc(N2CC(C(=O)N3CC(Oc4cccc(C)n4)C3)CC2=O)cc1. The van der Waals surface area contributed by atoms with Crippen molar-refractivity contribution in [3.63, 3.8) is 0 Å². The van der Waals surface area contributed by atoms with Crippen molar-refractivity contribution in [2.75, 3.05) is 31.6 Å². The van der Waals surface area contributed by atoms with Gasteiger partial charge in [0, 0.05) is 30.4 Å². The van der Waals surface area contributed by atoms with Crippen molar-refractivity contribution in [1.82, 2.24) is 9.88 Å². The molecule has 2 aliphatic heterocycles. The Morgan fingerprint density at radius 2 is 1.86 bits per heavy atom. The van der Waals surface area contributed by atoms with E-state index in [0.717, 1.165) is 17.1 Å². The van der Waals surface area contributed by atoms with Crippen LogP contribution in [0.1, 0.15) is 12.1 Å². The van der Waals surface area contributed by atoms with Crippen molar-refractivity contribution < 1.29 is 19.1 Å². The lowest BCUT2D eigenvalue weighted by Crippen LogP contribution is -2.57. The maximum absolute atomic E-state index is 12.8. The summed E-state index contributed by atoms with van der Waals surface area (Å²) in [5.74, 6) is 0.992. The number of anilines is 1. The molecule has 2 fully saturated rings. The molecule has 0 N–H and O–H groups in total. The van der Waals surface area contributed by atoms with Gasteiger partial charge in [-0.2, -0.15) is 0 Å². The zero-order valence-corrected chi connectivity index (χ0v) is 16.0. The van der Waals surface area contributed by atoms with Crippen LogP contribution in [-0.4, -0.2) is 54.5 Å². The van der Waals surface area contributed by atoms with Gasteiger partial charge in [-0.15, -0.1) is 0 Å². The standard InChI is InChI=1S/C21H23N3O4/c1-14-4-3-5-19(22-14)28-18-12-23(13-18)21(26)15-10-20(25)24(11-15)16-6-8-17(27-2)9-7-16/h3-9,15,18H,10-13H2,1-2H3. The van der Waals surface area contributed by atoms with Crippen LogP contribution in [0.25, 0.3) is 0 Å². The normalized spacial score (nSPS) is 19.5. The van der Waals surface area contributed by atoms with Crippen LogP contribution in [0.5, 0.6) is 11.6 Å². The Balaban J connectivity index is 1.31. The van der Waals surface area contributed by atoms with Crippen LogP contribution < -0.4 is 14.4 Å². The van der Waals surface area contributed by atoms with Crippen LogP contribution in [0, 0.1) is 12.8 Å². The van der Waals surface area contributed by atoms with E-state index in [1.54, 1.807) is 16.9 Å². The van der Waals surface area contributed by atoms with E-state index >= 15 is 0 Å². The zero-order chi connectivity index (χ0) is 19.7. The molecule has 0 bridgehead atoms. The molecule has 28 heavy (non-hydrogen) atoms. The van der Waals surface area contributed by atoms with Crippen molar-refractivity contribution in [1.29, 1.82) is 0 Å². The van der Waals surface area contributed by atoms with Gasteiger partial charge in [0.15, 0.2) is 0 Å². The summed E-state index contributed by atoms with van der Waals surface area (Å²) in [5.41, 5.74) is 1.68. The van der Waals surface area contributed by atoms with E-state index < -0.39 is 0 Å². The molecular weight excluding hydrogens is 358 g/mol. The predicted octanol–water partition coefficient (Wildman–Crippen LogP) is 2.04. The summed E-state index contributed by atoms with van der Waals surface area (Å²) in [7, 11) is 1.60. The molecule has 1 aromatic carbocycles. The summed E-state index contributed by atoms with van der Waals surface area (Å²) in [4.78, 5) is 32.9. The molecule has 0 spiro atoms. The zero-order valence-electron chi connectivity index (χ0n) is 16.0. The molecule has 4 rings (SSSR count). The number of carbonyl (C=O) groups is 2. The lowest BCUT2D eigenvalue weighted by molar-refractivity contribution is -0.144. The number of ether oxygens (including phenoxy) is 2. The number of carbonyl (C=O) groups excluding carboxylic acids is 2. The molecular formula is C21H23N3O4. The van der Waals surface area contributed by atoms with E-state index in [2.05, 4.69) is 4.98 Å². The molecule has 3 heterocycles. The minimum atomic E-state index is -0.312. The molecule has 2 saturated heterocycles. The first-order valence-corrected chi connectivity index (χ1v) is 9.37. The quantitative estimate of drug-likeness (QED) is 0.793. The van der Waals surface area contributed by atoms with E-state index in [-0.39, 0.29) is 30.3 Å². The highest BCUT2D eigenvalue weighted by Crippen LogP contribution is 2.29. The average molecular weight is 381 g/mol. The Bertz CT molecular complexity index is 877. The molecule has 1 aromatic heterocycles. The van der Waals surface area contributed by atoms with Gasteiger partial charge in [-0.1, -0.05) is 6.07 Å². The van der Waals surface area contributed by atoms with Gasteiger partial charge < -0.3 is 19.3 Å². The number of amides is 2. The Kier molecular flexibility index (Phi) is 4.90. The highest BCUT2D eigenvalue weighted by Gasteiger charge is 2.41. The van der Waals surface area contributed by atoms with Crippen LogP contribution >= 0.6 is 0 Å². The van der Waals surface area contributed by atoms with Gasteiger partial charge in [0.25, 0.3) is 0 Å². The predicted molar refractivity (Wildman–Crippen MR) is 103 cm³/mol. The number of pyridine rings is 1. The van der Waals surface area contributed by atoms with Crippen molar-refractivity contribution in [2.45, 2.75) is 19.4 Å². The van der Waals surface area contributed by atoms with Crippen molar-refractivity contribution >= 4 is 17.5 Å². The largest absolute Gasteiger partial charge is 0.497 e. The second kappa shape index (κ2) is 7.50. The lowest BCUT2D eigenvalue weighted by Gasteiger charge is -2.39. The topological polar surface area (TPSA) is 72.0 Å². The number of nitrogens with zero attached hydrogens (tertiary/aromatic N) is 3. The molecule has 146 valence electrons. The van der Waals surface area contributed by atoms with Crippen molar-refractivity contribution in [2.24, 2.45) is 5.92 Å². The summed E-state index contributed by atoms with van der Waals surface area (Å²) >= 11 is 0. The van der Waals surface area contributed by atoms with E-state index in [1.807, 2.05) is 49.4 Å². The van der Waals surface area contributed by atoms with Gasteiger partial charge >= 0.3 is 0 Å². The van der Waals surface area contributed by atoms with Crippen molar-refractivity contribution in [3.05, 3.63) is 48.2 Å². The van der Waals surface area contributed by atoms with Gasteiger partial charge in [0.2, 0.25) is 17.7 Å². The van der Waals surface area contributed by atoms with E-state index in [0.29, 0.717) is 25.5 Å². The smallest absolute Gasteiger partial charge is 0.228 e. The third kappa shape index (κ3) is 3.65. The lowest BCUT2D eigenvalue weighted by atomic mass is 10.0. The molecule has 1 atom stereocenters. The Morgan fingerprint density at radius 1 is 1.11 bits per heavy atom. The van der Waals surface area contributed by atoms with Gasteiger partial charge in [0.1, 0.15) is 11.9 Å². The number of likely N-dealkylation sites (tertiary alicyclic amines) is 1. The summed E-state index contributed by atoms with van der Waals surface area (Å²) in [6, 6.07) is 12.9. The monoisotopic (exact) mass is 381 g/mol. The van der Waals surface area contributed by atoms with Gasteiger partial charge in [-0.25, -0.2) is 4.98 Å².